The molecule has 1 aromatic heterocycles. The molecule has 1 heterocycles. The minimum absolute atomic E-state index is 0.272. The van der Waals surface area contributed by atoms with E-state index < -0.39 is 0 Å². The second kappa shape index (κ2) is 5.78. The third-order valence-electron chi connectivity index (χ3n) is 3.81. The number of nitrogen functional groups attached to an aromatic ring is 1. The first-order valence-corrected chi connectivity index (χ1v) is 7.50. The molecule has 0 fully saturated rings. The lowest BCUT2D eigenvalue weighted by Gasteiger charge is -2.16. The van der Waals surface area contributed by atoms with Crippen LogP contribution in [0.4, 0.5) is 5.95 Å². The number of nitrogens with two attached hydrogens (primary N) is 1. The molecule has 2 N–H and O–H groups in total. The van der Waals surface area contributed by atoms with Crippen molar-refractivity contribution in [2.24, 2.45) is 0 Å². The Morgan fingerprint density at radius 2 is 1.95 bits per heavy atom. The summed E-state index contributed by atoms with van der Waals surface area (Å²) < 4.78 is 2.07. The Kier molecular flexibility index (Phi) is 3.84. The van der Waals surface area contributed by atoms with E-state index in [1.807, 2.05) is 24.3 Å². The first-order valence-electron chi connectivity index (χ1n) is 7.12. The number of aryl methyl sites for hydroxylation is 1. The molecule has 3 rings (SSSR count). The lowest BCUT2D eigenvalue weighted by molar-refractivity contribution is 0.525. The van der Waals surface area contributed by atoms with Crippen molar-refractivity contribution in [1.82, 2.24) is 9.55 Å². The van der Waals surface area contributed by atoms with Gasteiger partial charge in [-0.25, -0.2) is 4.98 Å². The predicted molar refractivity (Wildman–Crippen MR) is 88.6 cm³/mol. The van der Waals surface area contributed by atoms with E-state index >= 15 is 0 Å². The summed E-state index contributed by atoms with van der Waals surface area (Å²) in [4.78, 5) is 4.41. The molecule has 21 heavy (non-hydrogen) atoms. The smallest absolute Gasteiger partial charge is 0.201 e. The first kappa shape index (κ1) is 14.0. The molecule has 3 aromatic rings. The molecular formula is C17H18ClN3. The van der Waals surface area contributed by atoms with Crippen LogP contribution < -0.4 is 5.73 Å². The van der Waals surface area contributed by atoms with Gasteiger partial charge < -0.3 is 10.3 Å². The number of nitrogens with zero attached hydrogens (tertiary/aromatic N) is 2. The van der Waals surface area contributed by atoms with Crippen LogP contribution in [-0.4, -0.2) is 9.55 Å². The number of aromatic nitrogens is 2. The number of halogens is 1. The molecule has 2 aromatic carbocycles. The highest BCUT2D eigenvalue weighted by molar-refractivity contribution is 6.31. The van der Waals surface area contributed by atoms with Gasteiger partial charge in [-0.15, -0.1) is 0 Å². The van der Waals surface area contributed by atoms with Crippen molar-refractivity contribution in [2.45, 2.75) is 25.8 Å². The zero-order valence-corrected chi connectivity index (χ0v) is 12.7. The van der Waals surface area contributed by atoms with E-state index in [2.05, 4.69) is 40.7 Å². The van der Waals surface area contributed by atoms with Gasteiger partial charge in [0.05, 0.1) is 11.0 Å². The topological polar surface area (TPSA) is 43.8 Å². The second-order valence-corrected chi connectivity index (χ2v) is 5.78. The third-order valence-corrected chi connectivity index (χ3v) is 4.05. The Labute approximate surface area is 129 Å². The van der Waals surface area contributed by atoms with Crippen molar-refractivity contribution in [3.05, 3.63) is 59.1 Å². The van der Waals surface area contributed by atoms with Crippen molar-refractivity contribution in [1.29, 1.82) is 0 Å². The fourth-order valence-electron chi connectivity index (χ4n) is 2.70. The molecule has 0 aliphatic carbocycles. The van der Waals surface area contributed by atoms with Crippen molar-refractivity contribution in [3.63, 3.8) is 0 Å². The Bertz CT molecular complexity index is 749. The largest absolute Gasteiger partial charge is 0.369 e. The summed E-state index contributed by atoms with van der Waals surface area (Å²) in [5.74, 6) is 0.549. The number of fused-ring (bicyclic) bond motifs is 1. The summed E-state index contributed by atoms with van der Waals surface area (Å²) in [6.07, 6.45) is 2.02. The SMILES string of the molecule is CC(CCc1ccccc1)n1c(N)nc2ccc(Cl)cc21. The minimum atomic E-state index is 0.272. The molecule has 0 saturated carbocycles. The molecule has 3 nitrogen and oxygen atoms in total. The van der Waals surface area contributed by atoms with Crippen LogP contribution in [0.5, 0.6) is 0 Å². The first-order chi connectivity index (χ1) is 10.1. The van der Waals surface area contributed by atoms with Crippen LogP contribution in [0.2, 0.25) is 5.02 Å². The molecule has 108 valence electrons. The Hall–Kier alpha value is -2.00. The van der Waals surface area contributed by atoms with Gasteiger partial charge in [0.2, 0.25) is 5.95 Å². The quantitative estimate of drug-likeness (QED) is 0.772. The molecule has 4 heteroatoms. The van der Waals surface area contributed by atoms with Gasteiger partial charge in [0.1, 0.15) is 0 Å². The summed E-state index contributed by atoms with van der Waals surface area (Å²) in [5.41, 5.74) is 9.31. The van der Waals surface area contributed by atoms with Gasteiger partial charge in [-0.05, 0) is 43.5 Å². The maximum absolute atomic E-state index is 6.10. The van der Waals surface area contributed by atoms with Crippen LogP contribution in [0.25, 0.3) is 11.0 Å². The van der Waals surface area contributed by atoms with Crippen LogP contribution in [0.15, 0.2) is 48.5 Å². The number of rotatable bonds is 4. The summed E-state index contributed by atoms with van der Waals surface area (Å²) in [7, 11) is 0. The number of anilines is 1. The molecule has 0 saturated heterocycles. The molecule has 1 unspecified atom stereocenters. The summed E-state index contributed by atoms with van der Waals surface area (Å²) in [6, 6.07) is 16.4. The van der Waals surface area contributed by atoms with Gasteiger partial charge in [0.15, 0.2) is 0 Å². The van der Waals surface area contributed by atoms with Gasteiger partial charge in [-0.2, -0.15) is 0 Å². The van der Waals surface area contributed by atoms with Crippen molar-refractivity contribution in [3.8, 4) is 0 Å². The highest BCUT2D eigenvalue weighted by atomic mass is 35.5. The average molecular weight is 300 g/mol. The highest BCUT2D eigenvalue weighted by Crippen LogP contribution is 2.27. The van der Waals surface area contributed by atoms with Gasteiger partial charge in [-0.3, -0.25) is 0 Å². The van der Waals surface area contributed by atoms with Crippen LogP contribution in [0.3, 0.4) is 0 Å². The molecule has 0 amide bonds. The number of hydrogen-bond acceptors (Lipinski definition) is 2. The fourth-order valence-corrected chi connectivity index (χ4v) is 2.86. The molecule has 1 atom stereocenters. The lowest BCUT2D eigenvalue weighted by Crippen LogP contribution is -2.09. The Morgan fingerprint density at radius 3 is 2.71 bits per heavy atom. The monoisotopic (exact) mass is 299 g/mol. The standard InChI is InChI=1S/C17H18ClN3/c1-12(7-8-13-5-3-2-4-6-13)21-16-11-14(18)9-10-15(16)20-17(21)19/h2-6,9-12H,7-8H2,1H3,(H2,19,20). The van der Waals surface area contributed by atoms with Crippen molar-refractivity contribution < 1.29 is 0 Å². The van der Waals surface area contributed by atoms with E-state index in [0.717, 1.165) is 23.9 Å². The van der Waals surface area contributed by atoms with E-state index in [9.17, 15) is 0 Å². The second-order valence-electron chi connectivity index (χ2n) is 5.35. The minimum Gasteiger partial charge on any atom is -0.369 e. The van der Waals surface area contributed by atoms with Crippen LogP contribution in [0.1, 0.15) is 24.9 Å². The molecule has 0 radical (unpaired) electrons. The number of hydrogen-bond donors (Lipinski definition) is 1. The zero-order valence-electron chi connectivity index (χ0n) is 12.0. The summed E-state index contributed by atoms with van der Waals surface area (Å²) >= 11 is 6.10. The number of benzene rings is 2. The van der Waals surface area contributed by atoms with Crippen molar-refractivity contribution >= 4 is 28.6 Å². The van der Waals surface area contributed by atoms with Crippen LogP contribution in [0, 0.1) is 0 Å². The molecular weight excluding hydrogens is 282 g/mol. The van der Waals surface area contributed by atoms with Gasteiger partial charge >= 0.3 is 0 Å². The summed E-state index contributed by atoms with van der Waals surface area (Å²) in [5, 5.41) is 0.707. The predicted octanol–water partition coefficient (Wildman–Crippen LogP) is 4.47. The third kappa shape index (κ3) is 2.88. The van der Waals surface area contributed by atoms with E-state index in [1.165, 1.54) is 5.56 Å². The average Bonchev–Trinajstić information content (AvgIpc) is 2.81. The molecule has 0 bridgehead atoms. The van der Waals surface area contributed by atoms with E-state index in [-0.39, 0.29) is 6.04 Å². The van der Waals surface area contributed by atoms with E-state index in [0.29, 0.717) is 11.0 Å². The molecule has 0 aliphatic heterocycles. The van der Waals surface area contributed by atoms with Crippen LogP contribution >= 0.6 is 11.6 Å². The fraction of sp³-hybridized carbons (Fsp3) is 0.235. The Morgan fingerprint density at radius 1 is 1.19 bits per heavy atom. The zero-order chi connectivity index (χ0) is 14.8. The highest BCUT2D eigenvalue weighted by Gasteiger charge is 2.14. The Balaban J connectivity index is 1.85. The van der Waals surface area contributed by atoms with Gasteiger partial charge in [-0.1, -0.05) is 41.9 Å². The van der Waals surface area contributed by atoms with Gasteiger partial charge in [0, 0.05) is 11.1 Å². The van der Waals surface area contributed by atoms with Crippen LogP contribution in [-0.2, 0) is 6.42 Å². The maximum atomic E-state index is 6.10. The molecule has 0 spiro atoms. The van der Waals surface area contributed by atoms with E-state index in [4.69, 9.17) is 17.3 Å². The van der Waals surface area contributed by atoms with E-state index in [1.54, 1.807) is 0 Å². The summed E-state index contributed by atoms with van der Waals surface area (Å²) in [6.45, 7) is 2.17. The molecule has 0 aliphatic rings. The number of imidazole rings is 1. The van der Waals surface area contributed by atoms with Crippen molar-refractivity contribution in [2.75, 3.05) is 5.73 Å². The normalized spacial score (nSPS) is 12.7. The van der Waals surface area contributed by atoms with Gasteiger partial charge in [0.25, 0.3) is 0 Å². The maximum Gasteiger partial charge on any atom is 0.201 e. The lowest BCUT2D eigenvalue weighted by atomic mass is 10.1.